The Bertz CT molecular complexity index is 955. The highest BCUT2D eigenvalue weighted by atomic mass is 16.6. The Balaban J connectivity index is 1.77. The maximum atomic E-state index is 13.1. The minimum atomic E-state index is -0.588. The molecule has 144 valence electrons. The molecule has 6 nitrogen and oxygen atoms in total. The summed E-state index contributed by atoms with van der Waals surface area (Å²) in [6.45, 7) is 5.55. The van der Waals surface area contributed by atoms with Crippen molar-refractivity contribution in [3.63, 3.8) is 0 Å². The largest absolute Gasteiger partial charge is 0.444 e. The molecule has 2 N–H and O–H groups in total. The zero-order chi connectivity index (χ0) is 20.1. The van der Waals surface area contributed by atoms with Gasteiger partial charge in [0.25, 0.3) is 0 Å². The lowest BCUT2D eigenvalue weighted by Gasteiger charge is -2.20. The Hall–Kier alpha value is -3.41. The van der Waals surface area contributed by atoms with Crippen LogP contribution in [0.1, 0.15) is 42.3 Å². The lowest BCUT2D eigenvalue weighted by Crippen LogP contribution is -2.32. The van der Waals surface area contributed by atoms with Crippen molar-refractivity contribution in [2.45, 2.75) is 32.9 Å². The van der Waals surface area contributed by atoms with Gasteiger partial charge in [0.05, 0.1) is 5.70 Å². The minimum absolute atomic E-state index is 0.165. The fourth-order valence-electron chi connectivity index (χ4n) is 2.73. The molecule has 3 rings (SSSR count). The maximum Gasteiger partial charge on any atom is 0.407 e. The Morgan fingerprint density at radius 2 is 1.96 bits per heavy atom. The number of pyridine rings is 1. The Kier molecular flexibility index (Phi) is 5.59. The Morgan fingerprint density at radius 3 is 2.75 bits per heavy atom. The number of Topliss-reactive ketones (excluding diaryl/α,β-unsaturated/α-hetero) is 1. The molecule has 1 aliphatic rings. The van der Waals surface area contributed by atoms with Crippen molar-refractivity contribution in [2.75, 3.05) is 5.32 Å². The summed E-state index contributed by atoms with van der Waals surface area (Å²) in [6, 6.07) is 9.46. The van der Waals surface area contributed by atoms with Gasteiger partial charge in [-0.05, 0) is 50.1 Å². The summed E-state index contributed by atoms with van der Waals surface area (Å²) >= 11 is 0. The summed E-state index contributed by atoms with van der Waals surface area (Å²) in [5, 5.41) is 5.88. The van der Waals surface area contributed by atoms with Gasteiger partial charge in [-0.1, -0.05) is 30.4 Å². The first-order valence-electron chi connectivity index (χ1n) is 9.02. The molecule has 0 fully saturated rings. The molecular weight excluding hydrogens is 354 g/mol. The molecular formula is C22H23N3O3. The number of amides is 1. The summed E-state index contributed by atoms with van der Waals surface area (Å²) in [6.07, 6.45) is 8.08. The molecule has 6 heteroatoms. The molecule has 0 bridgehead atoms. The predicted molar refractivity (Wildman–Crippen MR) is 109 cm³/mol. The van der Waals surface area contributed by atoms with E-state index in [0.717, 1.165) is 11.3 Å². The molecule has 1 aliphatic heterocycles. The number of allylic oxidation sites excluding steroid dienone is 3. The number of benzene rings is 1. The number of carbonyl (C=O) groups excluding carboxylic acids is 2. The molecule has 0 aliphatic carbocycles. The Morgan fingerprint density at radius 1 is 1.18 bits per heavy atom. The standard InChI is InChI=1S/C22H23N3O3/c1-22(2,3)28-21(27)24-13-16-11-12-23-14-17(16)20(26)19-10-6-8-15-7-4-5-9-18(15)25-19/h4-12,14,25H,13H2,1-3H3,(H,24,27). The molecule has 0 spiro atoms. The molecule has 0 radical (unpaired) electrons. The van der Waals surface area contributed by atoms with E-state index in [9.17, 15) is 9.59 Å². The number of nitrogens with one attached hydrogen (secondary N) is 2. The van der Waals surface area contributed by atoms with E-state index in [1.807, 2.05) is 36.4 Å². The maximum absolute atomic E-state index is 13.1. The number of fused-ring (bicyclic) bond motifs is 1. The van der Waals surface area contributed by atoms with E-state index in [1.165, 1.54) is 6.20 Å². The second kappa shape index (κ2) is 8.08. The van der Waals surface area contributed by atoms with Crippen molar-refractivity contribution in [1.82, 2.24) is 10.3 Å². The van der Waals surface area contributed by atoms with Gasteiger partial charge in [-0.2, -0.15) is 0 Å². The predicted octanol–water partition coefficient (Wildman–Crippen LogP) is 4.31. The number of para-hydroxylation sites is 1. The minimum Gasteiger partial charge on any atom is -0.444 e. The monoisotopic (exact) mass is 377 g/mol. The third-order valence-corrected chi connectivity index (χ3v) is 3.99. The molecule has 28 heavy (non-hydrogen) atoms. The first-order chi connectivity index (χ1) is 13.3. The average Bonchev–Trinajstić information content (AvgIpc) is 2.87. The molecule has 0 saturated carbocycles. The number of nitrogens with zero attached hydrogens (tertiary/aromatic N) is 1. The number of hydrogen-bond donors (Lipinski definition) is 2. The molecule has 0 unspecified atom stereocenters. The average molecular weight is 377 g/mol. The zero-order valence-electron chi connectivity index (χ0n) is 16.2. The molecule has 0 atom stereocenters. The van der Waals surface area contributed by atoms with Gasteiger partial charge >= 0.3 is 6.09 Å². The normalized spacial score (nSPS) is 12.9. The van der Waals surface area contributed by atoms with Crippen LogP contribution in [-0.4, -0.2) is 22.5 Å². The zero-order valence-corrected chi connectivity index (χ0v) is 16.2. The number of rotatable bonds is 4. The van der Waals surface area contributed by atoms with Crippen molar-refractivity contribution in [1.29, 1.82) is 0 Å². The topological polar surface area (TPSA) is 80.3 Å². The Labute approximate surface area is 164 Å². The van der Waals surface area contributed by atoms with Crippen molar-refractivity contribution in [3.05, 3.63) is 77.3 Å². The summed E-state index contributed by atoms with van der Waals surface area (Å²) in [5.74, 6) is -0.199. The van der Waals surface area contributed by atoms with E-state index in [1.54, 1.807) is 39.1 Å². The fourth-order valence-corrected chi connectivity index (χ4v) is 2.73. The fraction of sp³-hybridized carbons (Fsp3) is 0.227. The lowest BCUT2D eigenvalue weighted by molar-refractivity contribution is 0.0523. The summed E-state index contributed by atoms with van der Waals surface area (Å²) in [4.78, 5) is 29.1. The van der Waals surface area contributed by atoms with Gasteiger partial charge in [-0.3, -0.25) is 9.78 Å². The van der Waals surface area contributed by atoms with Gasteiger partial charge in [-0.15, -0.1) is 0 Å². The highest BCUT2D eigenvalue weighted by Gasteiger charge is 2.20. The summed E-state index contributed by atoms with van der Waals surface area (Å²) in [7, 11) is 0. The summed E-state index contributed by atoms with van der Waals surface area (Å²) in [5.41, 5.74) is 2.79. The number of ketones is 1. The van der Waals surface area contributed by atoms with Gasteiger partial charge in [0.15, 0.2) is 0 Å². The first kappa shape index (κ1) is 19.4. The van der Waals surface area contributed by atoms with E-state index in [0.29, 0.717) is 16.8 Å². The molecule has 0 saturated heterocycles. The third kappa shape index (κ3) is 4.85. The van der Waals surface area contributed by atoms with Crippen LogP contribution in [0.25, 0.3) is 6.08 Å². The molecule has 2 heterocycles. The van der Waals surface area contributed by atoms with E-state index < -0.39 is 11.7 Å². The molecule has 1 amide bonds. The van der Waals surface area contributed by atoms with Gasteiger partial charge in [0.1, 0.15) is 5.60 Å². The van der Waals surface area contributed by atoms with E-state index in [-0.39, 0.29) is 12.3 Å². The van der Waals surface area contributed by atoms with Crippen LogP contribution in [0.15, 0.2) is 60.6 Å². The third-order valence-electron chi connectivity index (χ3n) is 3.99. The number of anilines is 1. The second-order valence-corrected chi connectivity index (χ2v) is 7.37. The number of hydrogen-bond acceptors (Lipinski definition) is 5. The van der Waals surface area contributed by atoms with Crippen LogP contribution in [0.3, 0.4) is 0 Å². The van der Waals surface area contributed by atoms with Crippen molar-refractivity contribution in [2.24, 2.45) is 0 Å². The van der Waals surface area contributed by atoms with Crippen molar-refractivity contribution in [3.8, 4) is 0 Å². The van der Waals surface area contributed by atoms with Crippen LogP contribution < -0.4 is 10.6 Å². The van der Waals surface area contributed by atoms with Crippen LogP contribution in [0.2, 0.25) is 0 Å². The number of carbonyl (C=O) groups is 2. The molecule has 1 aromatic heterocycles. The van der Waals surface area contributed by atoms with Gasteiger partial charge in [0.2, 0.25) is 5.78 Å². The first-order valence-corrected chi connectivity index (χ1v) is 9.02. The highest BCUT2D eigenvalue weighted by Crippen LogP contribution is 2.23. The van der Waals surface area contributed by atoms with Gasteiger partial charge in [-0.25, -0.2) is 4.79 Å². The van der Waals surface area contributed by atoms with E-state index in [4.69, 9.17) is 4.74 Å². The molecule has 1 aromatic carbocycles. The van der Waals surface area contributed by atoms with Crippen LogP contribution in [0.5, 0.6) is 0 Å². The quantitative estimate of drug-likeness (QED) is 0.776. The van der Waals surface area contributed by atoms with Crippen LogP contribution in [0, 0.1) is 0 Å². The smallest absolute Gasteiger partial charge is 0.407 e. The van der Waals surface area contributed by atoms with Crippen LogP contribution in [0.4, 0.5) is 10.5 Å². The van der Waals surface area contributed by atoms with Crippen LogP contribution in [-0.2, 0) is 11.3 Å². The second-order valence-electron chi connectivity index (χ2n) is 7.37. The van der Waals surface area contributed by atoms with Crippen molar-refractivity contribution >= 4 is 23.6 Å². The van der Waals surface area contributed by atoms with E-state index in [2.05, 4.69) is 15.6 Å². The van der Waals surface area contributed by atoms with Crippen molar-refractivity contribution < 1.29 is 14.3 Å². The number of alkyl carbamates (subject to hydrolysis) is 1. The lowest BCUT2D eigenvalue weighted by atomic mass is 10.0. The number of ether oxygens (including phenoxy) is 1. The molecule has 2 aromatic rings. The van der Waals surface area contributed by atoms with Crippen LogP contribution >= 0.6 is 0 Å². The highest BCUT2D eigenvalue weighted by molar-refractivity contribution is 6.11. The number of aromatic nitrogens is 1. The van der Waals surface area contributed by atoms with Gasteiger partial charge < -0.3 is 15.4 Å². The SMILES string of the molecule is CC(C)(C)OC(=O)NCc1ccncc1C(=O)C1=CC=Cc2ccccc2N1. The summed E-state index contributed by atoms with van der Waals surface area (Å²) < 4.78 is 5.25. The van der Waals surface area contributed by atoms with Gasteiger partial charge in [0, 0.05) is 30.2 Å². The van der Waals surface area contributed by atoms with E-state index >= 15 is 0 Å².